The molecule has 0 saturated carbocycles. The maximum absolute atomic E-state index is 13.5. The van der Waals surface area contributed by atoms with Crippen LogP contribution in [0.3, 0.4) is 0 Å². The van der Waals surface area contributed by atoms with Crippen molar-refractivity contribution in [2.24, 2.45) is 5.92 Å². The Bertz CT molecular complexity index is 761. The van der Waals surface area contributed by atoms with Gasteiger partial charge in [0.05, 0.1) is 17.7 Å². The molecule has 28 heavy (non-hydrogen) atoms. The number of benzene rings is 1. The Kier molecular flexibility index (Phi) is 4.65. The lowest BCUT2D eigenvalue weighted by atomic mass is 9.88. The second kappa shape index (κ2) is 6.77. The summed E-state index contributed by atoms with van der Waals surface area (Å²) in [5, 5.41) is 11.2. The van der Waals surface area contributed by atoms with Gasteiger partial charge in [-0.3, -0.25) is 0 Å². The van der Waals surface area contributed by atoms with E-state index in [4.69, 9.17) is 4.74 Å². The first-order chi connectivity index (χ1) is 13.2. The fraction of sp³-hybridized carbons (Fsp3) is 0.611. The summed E-state index contributed by atoms with van der Waals surface area (Å²) in [5.74, 6) is -1.29. The summed E-state index contributed by atoms with van der Waals surface area (Å²) < 4.78 is 56.6. The first-order valence-corrected chi connectivity index (χ1v) is 9.18. The van der Waals surface area contributed by atoms with Crippen molar-refractivity contribution in [2.75, 3.05) is 39.3 Å². The molecule has 3 saturated heterocycles. The average Bonchev–Trinajstić information content (AvgIpc) is 2.92. The van der Waals surface area contributed by atoms with Gasteiger partial charge >= 0.3 is 12.2 Å². The number of hydroxylamine groups is 2. The molecule has 0 aromatic heterocycles. The predicted molar refractivity (Wildman–Crippen MR) is 89.4 cm³/mol. The SMILES string of the molecule is O=C(N1CC(COc2ccc(C(F)(F)F)c(F)c2)C1)N1CC2(CCCN2O)C1. The van der Waals surface area contributed by atoms with Crippen LogP contribution in [0.4, 0.5) is 22.4 Å². The molecule has 4 rings (SSSR count). The van der Waals surface area contributed by atoms with Gasteiger partial charge in [-0.15, -0.1) is 0 Å². The maximum Gasteiger partial charge on any atom is 0.419 e. The molecular weight excluding hydrogens is 382 g/mol. The van der Waals surface area contributed by atoms with Crippen LogP contribution in [0.15, 0.2) is 18.2 Å². The number of urea groups is 1. The third-order valence-electron chi connectivity index (χ3n) is 5.76. The quantitative estimate of drug-likeness (QED) is 0.789. The number of hydrogen-bond donors (Lipinski definition) is 1. The summed E-state index contributed by atoms with van der Waals surface area (Å²) in [6.07, 6.45) is -2.93. The number of amides is 2. The van der Waals surface area contributed by atoms with Crippen LogP contribution >= 0.6 is 0 Å². The van der Waals surface area contributed by atoms with E-state index in [1.807, 2.05) is 0 Å². The fourth-order valence-corrected chi connectivity index (χ4v) is 4.11. The van der Waals surface area contributed by atoms with E-state index in [0.717, 1.165) is 25.0 Å². The van der Waals surface area contributed by atoms with Crippen molar-refractivity contribution in [3.8, 4) is 5.75 Å². The molecule has 0 aliphatic carbocycles. The van der Waals surface area contributed by atoms with Crippen LogP contribution in [0.5, 0.6) is 5.75 Å². The first kappa shape index (κ1) is 19.3. The van der Waals surface area contributed by atoms with Gasteiger partial charge in [0.15, 0.2) is 0 Å². The van der Waals surface area contributed by atoms with Crippen LogP contribution in [0.25, 0.3) is 0 Å². The van der Waals surface area contributed by atoms with E-state index in [0.29, 0.717) is 38.8 Å². The summed E-state index contributed by atoms with van der Waals surface area (Å²) in [6, 6.07) is 2.40. The van der Waals surface area contributed by atoms with Gasteiger partial charge in [0, 0.05) is 44.7 Å². The van der Waals surface area contributed by atoms with Crippen molar-refractivity contribution in [1.29, 1.82) is 0 Å². The number of alkyl halides is 3. The molecule has 1 spiro atoms. The Balaban J connectivity index is 1.21. The zero-order valence-corrected chi connectivity index (χ0v) is 15.1. The van der Waals surface area contributed by atoms with Gasteiger partial charge in [-0.1, -0.05) is 0 Å². The molecule has 3 heterocycles. The highest BCUT2D eigenvalue weighted by molar-refractivity contribution is 5.76. The molecule has 154 valence electrons. The number of carbonyl (C=O) groups is 1. The second-order valence-electron chi connectivity index (χ2n) is 7.81. The smallest absolute Gasteiger partial charge is 0.419 e. The number of carbonyl (C=O) groups excluding carboxylic acids is 1. The van der Waals surface area contributed by atoms with Crippen molar-refractivity contribution >= 4 is 6.03 Å². The van der Waals surface area contributed by atoms with Crippen molar-refractivity contribution in [3.63, 3.8) is 0 Å². The molecular formula is C18H21F4N3O3. The topological polar surface area (TPSA) is 56.2 Å². The van der Waals surface area contributed by atoms with Crippen LogP contribution in [0.1, 0.15) is 18.4 Å². The highest BCUT2D eigenvalue weighted by Gasteiger charge is 2.53. The third kappa shape index (κ3) is 3.39. The van der Waals surface area contributed by atoms with E-state index < -0.39 is 17.6 Å². The maximum atomic E-state index is 13.5. The van der Waals surface area contributed by atoms with E-state index in [2.05, 4.69) is 0 Å². The van der Waals surface area contributed by atoms with Gasteiger partial charge in [-0.05, 0) is 25.0 Å². The van der Waals surface area contributed by atoms with E-state index in [-0.39, 0.29) is 29.8 Å². The van der Waals surface area contributed by atoms with Crippen LogP contribution in [0, 0.1) is 11.7 Å². The lowest BCUT2D eigenvalue weighted by molar-refractivity contribution is -0.189. The van der Waals surface area contributed by atoms with Crippen LogP contribution in [-0.4, -0.2) is 71.0 Å². The molecule has 0 unspecified atom stereocenters. The second-order valence-corrected chi connectivity index (χ2v) is 7.81. The van der Waals surface area contributed by atoms with Crippen LogP contribution in [-0.2, 0) is 6.18 Å². The number of rotatable bonds is 3. The molecule has 0 radical (unpaired) electrons. The largest absolute Gasteiger partial charge is 0.493 e. The Morgan fingerprint density at radius 1 is 1.25 bits per heavy atom. The van der Waals surface area contributed by atoms with Gasteiger partial charge in [0.2, 0.25) is 0 Å². The Labute approximate surface area is 159 Å². The van der Waals surface area contributed by atoms with Crippen molar-refractivity contribution in [2.45, 2.75) is 24.6 Å². The normalized spacial score (nSPS) is 22.3. The van der Waals surface area contributed by atoms with E-state index in [1.165, 1.54) is 5.06 Å². The summed E-state index contributed by atoms with van der Waals surface area (Å²) in [7, 11) is 0. The average molecular weight is 403 g/mol. The monoisotopic (exact) mass is 403 g/mol. The molecule has 0 atom stereocenters. The molecule has 1 N–H and O–H groups in total. The third-order valence-corrected chi connectivity index (χ3v) is 5.76. The minimum absolute atomic E-state index is 0.0317. The standard InChI is InChI=1S/C18H21F4N3O3/c19-15-6-13(2-3-14(15)18(20,21)22)28-9-12-7-23(8-12)16(26)24-10-17(11-24)4-1-5-25(17)27/h2-3,6,12,27H,1,4-5,7-11H2. The molecule has 3 aliphatic rings. The number of nitrogens with zero attached hydrogens (tertiary/aromatic N) is 3. The van der Waals surface area contributed by atoms with Crippen molar-refractivity contribution < 1.29 is 32.3 Å². The molecule has 1 aromatic carbocycles. The van der Waals surface area contributed by atoms with Gasteiger partial charge in [0.25, 0.3) is 0 Å². The van der Waals surface area contributed by atoms with Crippen LogP contribution in [0.2, 0.25) is 0 Å². The van der Waals surface area contributed by atoms with Crippen molar-refractivity contribution in [3.05, 3.63) is 29.6 Å². The number of hydrogen-bond acceptors (Lipinski definition) is 4. The number of likely N-dealkylation sites (tertiary alicyclic amines) is 2. The highest BCUT2D eigenvalue weighted by Crippen LogP contribution is 2.37. The van der Waals surface area contributed by atoms with Gasteiger partial charge in [0.1, 0.15) is 11.6 Å². The molecule has 10 heteroatoms. The predicted octanol–water partition coefficient (Wildman–Crippen LogP) is 2.81. The molecule has 6 nitrogen and oxygen atoms in total. The molecule has 3 fully saturated rings. The summed E-state index contributed by atoms with van der Waals surface area (Å²) in [6.45, 7) is 2.83. The summed E-state index contributed by atoms with van der Waals surface area (Å²) in [4.78, 5) is 15.8. The fourth-order valence-electron chi connectivity index (χ4n) is 4.11. The minimum Gasteiger partial charge on any atom is -0.493 e. The highest BCUT2D eigenvalue weighted by atomic mass is 19.4. The molecule has 0 bridgehead atoms. The Hall–Kier alpha value is -2.07. The van der Waals surface area contributed by atoms with Gasteiger partial charge in [-0.25, -0.2) is 9.18 Å². The zero-order valence-electron chi connectivity index (χ0n) is 15.1. The summed E-state index contributed by atoms with van der Waals surface area (Å²) >= 11 is 0. The number of halogens is 4. The molecule has 1 aromatic rings. The lowest BCUT2D eigenvalue weighted by Crippen LogP contribution is -2.71. The van der Waals surface area contributed by atoms with E-state index in [1.54, 1.807) is 9.80 Å². The van der Waals surface area contributed by atoms with E-state index >= 15 is 0 Å². The van der Waals surface area contributed by atoms with Gasteiger partial charge < -0.3 is 19.7 Å². The Morgan fingerprint density at radius 2 is 1.96 bits per heavy atom. The van der Waals surface area contributed by atoms with Crippen LogP contribution < -0.4 is 4.74 Å². The lowest BCUT2D eigenvalue weighted by Gasteiger charge is -2.53. The van der Waals surface area contributed by atoms with E-state index in [9.17, 15) is 27.6 Å². The number of ether oxygens (including phenoxy) is 1. The molecule has 3 aliphatic heterocycles. The Morgan fingerprint density at radius 3 is 2.54 bits per heavy atom. The van der Waals surface area contributed by atoms with Crippen molar-refractivity contribution in [1.82, 2.24) is 14.9 Å². The summed E-state index contributed by atoms with van der Waals surface area (Å²) in [5.41, 5.74) is -1.60. The first-order valence-electron chi connectivity index (χ1n) is 9.18. The minimum atomic E-state index is -4.74. The van der Waals surface area contributed by atoms with Gasteiger partial charge in [-0.2, -0.15) is 18.2 Å². The molecule has 2 amide bonds. The zero-order chi connectivity index (χ0) is 20.1.